The first-order chi connectivity index (χ1) is 21.1. The average molecular weight is 661 g/mol. The van der Waals surface area contributed by atoms with Gasteiger partial charge in [0, 0.05) is 60.4 Å². The summed E-state index contributed by atoms with van der Waals surface area (Å²) < 4.78 is 41.1. The molecule has 1 unspecified atom stereocenters. The number of ether oxygens (including phenoxy) is 1. The summed E-state index contributed by atoms with van der Waals surface area (Å²) in [6.07, 6.45) is 3.15. The third-order valence-corrected chi connectivity index (χ3v) is 8.61. The Morgan fingerprint density at radius 3 is 2.51 bits per heavy atom. The molecule has 0 radical (unpaired) electrons. The van der Waals surface area contributed by atoms with E-state index in [0.717, 1.165) is 16.8 Å². The van der Waals surface area contributed by atoms with Crippen molar-refractivity contribution in [2.45, 2.75) is 85.7 Å². The largest absolute Gasteiger partial charge is 0.482 e. The zero-order chi connectivity index (χ0) is 33.1. The number of aliphatic imine (C=N–C) groups is 1. The summed E-state index contributed by atoms with van der Waals surface area (Å²) in [6.45, 7) is 16.1. The topological polar surface area (TPSA) is 118 Å². The van der Waals surface area contributed by atoms with Gasteiger partial charge in [0.1, 0.15) is 18.7 Å². The number of fused-ring (bicyclic) bond motifs is 5. The fourth-order valence-corrected chi connectivity index (χ4v) is 6.20. The lowest BCUT2D eigenvalue weighted by molar-refractivity contribution is 0.0350. The van der Waals surface area contributed by atoms with Gasteiger partial charge in [0.05, 0.1) is 16.9 Å². The van der Waals surface area contributed by atoms with E-state index in [0.29, 0.717) is 52.1 Å². The number of aromatic nitrogens is 3. The molecule has 3 heterocycles. The Morgan fingerprint density at radius 2 is 1.89 bits per heavy atom. The molecule has 0 saturated heterocycles. The maximum Gasteiger partial charge on any atom is 0.335 e. The number of nitrogens with two attached hydrogens (primary N) is 1. The van der Waals surface area contributed by atoms with Crippen LogP contribution in [0.1, 0.15) is 78.2 Å². The summed E-state index contributed by atoms with van der Waals surface area (Å²) in [5.74, 6) is 0.426. The molecule has 1 aromatic carbocycles. The Morgan fingerprint density at radius 1 is 1.20 bits per heavy atom. The normalized spacial score (nSPS) is 17.5. The number of nitrogens with zero attached hydrogens (tertiary/aromatic N) is 4. The van der Waals surface area contributed by atoms with Gasteiger partial charge in [0.25, 0.3) is 0 Å². The standard InChI is InChI=1S/C32H43ClFN6O4P/c1-10-40-28-21-14-26(30(37-17-21)38-18-41-45(43-31(3,4)5)44-32(6,7)8)42-19(2)24-15-22(34)11-12-23(24)27(35)20(16-36-9)13-25(28)29(33)39-40/h11-12,14-17,19H,10,13,18,35H2,1-9H3,(H,37,38)/b27-20-,36-16?. The maximum atomic E-state index is 14.6. The van der Waals surface area contributed by atoms with Crippen molar-refractivity contribution in [2.24, 2.45) is 10.7 Å². The molecule has 0 spiro atoms. The third kappa shape index (κ3) is 8.80. The summed E-state index contributed by atoms with van der Waals surface area (Å²) in [4.78, 5) is 8.97. The maximum absolute atomic E-state index is 14.6. The van der Waals surface area contributed by atoms with Crippen LogP contribution in [0.5, 0.6) is 5.75 Å². The van der Waals surface area contributed by atoms with Gasteiger partial charge in [-0.1, -0.05) is 11.6 Å². The highest BCUT2D eigenvalue weighted by Crippen LogP contribution is 2.47. The molecule has 3 N–H and O–H groups in total. The highest BCUT2D eigenvalue weighted by atomic mass is 35.5. The predicted octanol–water partition coefficient (Wildman–Crippen LogP) is 8.07. The van der Waals surface area contributed by atoms with Gasteiger partial charge in [0.2, 0.25) is 0 Å². The number of benzene rings is 1. The minimum Gasteiger partial charge on any atom is -0.482 e. The summed E-state index contributed by atoms with van der Waals surface area (Å²) >= 11 is 6.73. The van der Waals surface area contributed by atoms with Gasteiger partial charge in [-0.15, -0.1) is 0 Å². The van der Waals surface area contributed by atoms with Crippen LogP contribution in [0.15, 0.2) is 41.0 Å². The summed E-state index contributed by atoms with van der Waals surface area (Å²) in [5, 5.41) is 8.14. The van der Waals surface area contributed by atoms with E-state index in [1.54, 1.807) is 25.5 Å². The lowest BCUT2D eigenvalue weighted by Crippen LogP contribution is -2.23. The molecule has 244 valence electrons. The molecule has 0 amide bonds. The van der Waals surface area contributed by atoms with Crippen molar-refractivity contribution in [3.05, 3.63) is 63.7 Å². The monoisotopic (exact) mass is 660 g/mol. The Labute approximate surface area is 271 Å². The minimum atomic E-state index is -1.69. The summed E-state index contributed by atoms with van der Waals surface area (Å²) in [6, 6.07) is 6.33. The number of anilines is 1. The van der Waals surface area contributed by atoms with Gasteiger partial charge in [-0.05, 0) is 85.2 Å². The van der Waals surface area contributed by atoms with Crippen molar-refractivity contribution >= 4 is 37.9 Å². The summed E-state index contributed by atoms with van der Waals surface area (Å²) in [5.41, 5.74) is 10.5. The first-order valence-electron chi connectivity index (χ1n) is 14.8. The van der Waals surface area contributed by atoms with Gasteiger partial charge in [-0.3, -0.25) is 14.2 Å². The molecule has 1 aliphatic rings. The van der Waals surface area contributed by atoms with Crippen LogP contribution in [0.4, 0.5) is 10.2 Å². The van der Waals surface area contributed by atoms with Crippen molar-refractivity contribution < 1.29 is 22.7 Å². The highest BCUT2D eigenvalue weighted by Gasteiger charge is 2.28. The molecular formula is C32H43ClFN6O4P. The highest BCUT2D eigenvalue weighted by molar-refractivity contribution is 7.41. The van der Waals surface area contributed by atoms with E-state index in [4.69, 9.17) is 40.6 Å². The van der Waals surface area contributed by atoms with Gasteiger partial charge in [0.15, 0.2) is 16.7 Å². The summed E-state index contributed by atoms with van der Waals surface area (Å²) in [7, 11) is -0.0182. The molecular weight excluding hydrogens is 618 g/mol. The Balaban J connectivity index is 1.81. The smallest absolute Gasteiger partial charge is 0.335 e. The quantitative estimate of drug-likeness (QED) is 0.142. The second-order valence-corrected chi connectivity index (χ2v) is 14.0. The van der Waals surface area contributed by atoms with E-state index < -0.39 is 31.7 Å². The third-order valence-electron chi connectivity index (χ3n) is 6.58. The number of halogens is 2. The molecule has 4 rings (SSSR count). The molecule has 0 saturated carbocycles. The molecule has 0 fully saturated rings. The molecule has 10 nitrogen and oxygen atoms in total. The van der Waals surface area contributed by atoms with Crippen LogP contribution in [-0.4, -0.2) is 46.0 Å². The zero-order valence-electron chi connectivity index (χ0n) is 27.4. The predicted molar refractivity (Wildman–Crippen MR) is 179 cm³/mol. The van der Waals surface area contributed by atoms with E-state index >= 15 is 0 Å². The number of hydrogen-bond donors (Lipinski definition) is 2. The van der Waals surface area contributed by atoms with E-state index in [-0.39, 0.29) is 6.73 Å². The molecule has 3 aromatic rings. The number of allylic oxidation sites excluding steroid dienone is 1. The zero-order valence-corrected chi connectivity index (χ0v) is 29.0. The van der Waals surface area contributed by atoms with Crippen molar-refractivity contribution in [2.75, 3.05) is 19.1 Å². The number of aryl methyl sites for hydroxylation is 1. The van der Waals surface area contributed by atoms with Gasteiger partial charge in [-0.25, -0.2) is 9.37 Å². The van der Waals surface area contributed by atoms with Crippen LogP contribution in [0.2, 0.25) is 5.15 Å². The van der Waals surface area contributed by atoms with Crippen LogP contribution >= 0.6 is 20.2 Å². The van der Waals surface area contributed by atoms with Crippen molar-refractivity contribution in [3.8, 4) is 17.0 Å². The molecule has 45 heavy (non-hydrogen) atoms. The van der Waals surface area contributed by atoms with Gasteiger partial charge >= 0.3 is 8.60 Å². The number of pyridine rings is 1. The molecule has 1 aliphatic heterocycles. The first kappa shape index (κ1) is 34.8. The van der Waals surface area contributed by atoms with Crippen LogP contribution in [0.25, 0.3) is 17.0 Å². The molecule has 0 aliphatic carbocycles. The lowest BCUT2D eigenvalue weighted by atomic mass is 9.94. The van der Waals surface area contributed by atoms with Crippen LogP contribution < -0.4 is 15.8 Å². The Hall–Kier alpha value is -3.08. The van der Waals surface area contributed by atoms with Gasteiger partial charge < -0.3 is 24.8 Å². The van der Waals surface area contributed by atoms with Crippen LogP contribution in [0, 0.1) is 5.82 Å². The fourth-order valence-electron chi connectivity index (χ4n) is 4.75. The molecule has 2 bridgehead atoms. The lowest BCUT2D eigenvalue weighted by Gasteiger charge is -2.30. The Kier molecular flexibility index (Phi) is 10.9. The molecule has 13 heteroatoms. The first-order valence-corrected chi connectivity index (χ1v) is 16.3. The van der Waals surface area contributed by atoms with E-state index in [2.05, 4.69) is 15.4 Å². The van der Waals surface area contributed by atoms with Gasteiger partial charge in [-0.2, -0.15) is 5.10 Å². The molecule has 1 atom stereocenters. The fraction of sp³-hybridized carbons (Fsp3) is 0.469. The van der Waals surface area contributed by atoms with Crippen LogP contribution in [0.3, 0.4) is 0 Å². The SMILES string of the molecule is CCn1nc(Cl)c2c1-c1cnc(NCOP(OC(C)(C)C)OC(C)(C)C)c(c1)OC(C)c1cc(F)ccc1/C(N)=C(/C=NC)C2. The van der Waals surface area contributed by atoms with E-state index in [9.17, 15) is 4.39 Å². The second-order valence-electron chi connectivity index (χ2n) is 12.6. The minimum absolute atomic E-state index is 0.0273. The van der Waals surface area contributed by atoms with Crippen molar-refractivity contribution in [3.63, 3.8) is 0 Å². The van der Waals surface area contributed by atoms with E-state index in [1.165, 1.54) is 12.1 Å². The number of nitrogens with one attached hydrogen (secondary N) is 1. The van der Waals surface area contributed by atoms with E-state index in [1.807, 2.05) is 66.1 Å². The average Bonchev–Trinajstić information content (AvgIpc) is 3.25. The van der Waals surface area contributed by atoms with Crippen LogP contribution in [-0.2, 0) is 26.5 Å². The number of rotatable bonds is 8. The van der Waals surface area contributed by atoms with Crippen molar-refractivity contribution in [1.29, 1.82) is 0 Å². The number of hydrogen-bond acceptors (Lipinski definition) is 9. The van der Waals surface area contributed by atoms with Crippen molar-refractivity contribution in [1.82, 2.24) is 14.8 Å². The second kappa shape index (κ2) is 14.1. The molecule has 2 aromatic heterocycles. The Bertz CT molecular complexity index is 1560.